The number of nitrogens with two attached hydrogens (primary N) is 1. The molecule has 108 valence electrons. The lowest BCUT2D eigenvalue weighted by molar-refractivity contribution is 0.522. The first-order valence-electron chi connectivity index (χ1n) is 6.78. The minimum Gasteiger partial charge on any atom is -0.372 e. The lowest BCUT2D eigenvalue weighted by Gasteiger charge is -2.26. The first kappa shape index (κ1) is 15.0. The van der Waals surface area contributed by atoms with Gasteiger partial charge in [-0.2, -0.15) is 5.26 Å². The number of nitriles is 1. The summed E-state index contributed by atoms with van der Waals surface area (Å²) in [5.74, 6) is -0.278. The summed E-state index contributed by atoms with van der Waals surface area (Å²) < 4.78 is 13.7. The van der Waals surface area contributed by atoms with Gasteiger partial charge >= 0.3 is 0 Å². The maximum Gasteiger partial charge on any atom is 0.146 e. The topological polar surface area (TPSA) is 53.0 Å². The van der Waals surface area contributed by atoms with Gasteiger partial charge in [-0.3, -0.25) is 0 Å². The number of hydrogen-bond acceptors (Lipinski definition) is 3. The maximum atomic E-state index is 13.7. The fraction of sp³-hybridized carbons (Fsp3) is 0.235. The third-order valence-electron chi connectivity index (χ3n) is 3.59. The highest BCUT2D eigenvalue weighted by Crippen LogP contribution is 2.24. The molecule has 21 heavy (non-hydrogen) atoms. The Kier molecular flexibility index (Phi) is 4.56. The van der Waals surface area contributed by atoms with E-state index in [2.05, 4.69) is 6.07 Å². The molecule has 0 aliphatic rings. The van der Waals surface area contributed by atoms with Crippen LogP contribution in [0.25, 0.3) is 0 Å². The van der Waals surface area contributed by atoms with Gasteiger partial charge in [0.15, 0.2) is 0 Å². The van der Waals surface area contributed by atoms with Crippen molar-refractivity contribution in [2.45, 2.75) is 12.0 Å². The van der Waals surface area contributed by atoms with Crippen LogP contribution in [0.1, 0.15) is 12.0 Å². The number of nitrogens with zero attached hydrogens (tertiary/aromatic N) is 2. The van der Waals surface area contributed by atoms with Gasteiger partial charge in [-0.25, -0.2) is 4.39 Å². The van der Waals surface area contributed by atoms with Crippen LogP contribution in [0, 0.1) is 17.1 Å². The summed E-state index contributed by atoms with van der Waals surface area (Å²) in [4.78, 5) is 1.78. The molecule has 2 aromatic carbocycles. The summed E-state index contributed by atoms with van der Waals surface area (Å²) in [6.45, 7) is 0.486. The van der Waals surface area contributed by atoms with E-state index in [0.717, 1.165) is 5.56 Å². The quantitative estimate of drug-likeness (QED) is 0.917. The first-order valence-corrected chi connectivity index (χ1v) is 6.78. The Morgan fingerprint density at radius 2 is 1.76 bits per heavy atom. The average molecular weight is 283 g/mol. The van der Waals surface area contributed by atoms with E-state index in [-0.39, 0.29) is 5.82 Å². The molecule has 2 N–H and O–H groups in total. The Labute approximate surface area is 124 Å². The zero-order chi connectivity index (χ0) is 15.3. The van der Waals surface area contributed by atoms with Gasteiger partial charge in [-0.05, 0) is 17.7 Å². The van der Waals surface area contributed by atoms with Crippen LogP contribution in [0.3, 0.4) is 0 Å². The Morgan fingerprint density at radius 1 is 1.14 bits per heavy atom. The Morgan fingerprint density at radius 3 is 2.38 bits per heavy atom. The maximum absolute atomic E-state index is 13.7. The molecule has 3 nitrogen and oxygen atoms in total. The van der Waals surface area contributed by atoms with Crippen molar-refractivity contribution in [1.29, 1.82) is 5.26 Å². The highest BCUT2D eigenvalue weighted by Gasteiger charge is 2.27. The number of para-hydroxylation sites is 1. The predicted octanol–water partition coefficient (Wildman–Crippen LogP) is 3.03. The molecule has 4 heteroatoms. The van der Waals surface area contributed by atoms with Crippen LogP contribution >= 0.6 is 0 Å². The predicted molar refractivity (Wildman–Crippen MR) is 82.2 cm³/mol. The van der Waals surface area contributed by atoms with Crippen molar-refractivity contribution in [3.05, 3.63) is 66.0 Å². The molecule has 0 heterocycles. The van der Waals surface area contributed by atoms with E-state index in [1.807, 2.05) is 30.3 Å². The van der Waals surface area contributed by atoms with Crippen LogP contribution in [-0.2, 0) is 5.54 Å². The van der Waals surface area contributed by atoms with E-state index in [0.29, 0.717) is 18.7 Å². The van der Waals surface area contributed by atoms with Crippen molar-refractivity contribution in [2.75, 3.05) is 18.5 Å². The summed E-state index contributed by atoms with van der Waals surface area (Å²) in [5.41, 5.74) is 6.41. The van der Waals surface area contributed by atoms with Gasteiger partial charge < -0.3 is 10.6 Å². The van der Waals surface area contributed by atoms with Gasteiger partial charge in [0.1, 0.15) is 11.4 Å². The van der Waals surface area contributed by atoms with Gasteiger partial charge in [-0.15, -0.1) is 0 Å². The van der Waals surface area contributed by atoms with Gasteiger partial charge in [-0.1, -0.05) is 42.5 Å². The molecule has 2 rings (SSSR count). The number of rotatable bonds is 5. The zero-order valence-electron chi connectivity index (χ0n) is 12.0. The van der Waals surface area contributed by atoms with E-state index in [4.69, 9.17) is 5.73 Å². The lowest BCUT2D eigenvalue weighted by atomic mass is 9.89. The highest BCUT2D eigenvalue weighted by molar-refractivity contribution is 5.47. The second-order valence-electron chi connectivity index (χ2n) is 5.07. The van der Waals surface area contributed by atoms with E-state index < -0.39 is 5.54 Å². The number of benzene rings is 2. The standard InChI is InChI=1S/C17H18FN3/c1-21(16-10-6-5-9-15(16)18)12-11-17(20,13-19)14-7-3-2-4-8-14/h2-10H,11-12,20H2,1H3. The van der Waals surface area contributed by atoms with Gasteiger partial charge in [0.2, 0.25) is 0 Å². The molecule has 0 aliphatic heterocycles. The molecular formula is C17H18FN3. The van der Waals surface area contributed by atoms with E-state index in [9.17, 15) is 9.65 Å². The molecule has 0 saturated heterocycles. The molecule has 0 saturated carbocycles. The molecule has 0 bridgehead atoms. The van der Waals surface area contributed by atoms with Crippen molar-refractivity contribution in [3.63, 3.8) is 0 Å². The molecule has 0 spiro atoms. The molecule has 1 unspecified atom stereocenters. The number of halogens is 1. The Bertz CT molecular complexity index is 636. The van der Waals surface area contributed by atoms with Gasteiger partial charge in [0.05, 0.1) is 11.8 Å². The molecule has 0 amide bonds. The lowest BCUT2D eigenvalue weighted by Crippen LogP contribution is -2.38. The van der Waals surface area contributed by atoms with Crippen LogP contribution in [0.5, 0.6) is 0 Å². The van der Waals surface area contributed by atoms with Crippen molar-refractivity contribution >= 4 is 5.69 Å². The largest absolute Gasteiger partial charge is 0.372 e. The second kappa shape index (κ2) is 6.38. The molecule has 1 atom stereocenters. The van der Waals surface area contributed by atoms with Crippen LogP contribution in [0.4, 0.5) is 10.1 Å². The van der Waals surface area contributed by atoms with Crippen molar-refractivity contribution in [3.8, 4) is 6.07 Å². The molecular weight excluding hydrogens is 265 g/mol. The molecule has 0 fully saturated rings. The van der Waals surface area contributed by atoms with Crippen LogP contribution in [0.15, 0.2) is 54.6 Å². The van der Waals surface area contributed by atoms with Crippen molar-refractivity contribution in [2.24, 2.45) is 5.73 Å². The van der Waals surface area contributed by atoms with Gasteiger partial charge in [0, 0.05) is 20.0 Å². The Balaban J connectivity index is 2.11. The molecule has 2 aromatic rings. The third-order valence-corrected chi connectivity index (χ3v) is 3.59. The first-order chi connectivity index (χ1) is 10.1. The zero-order valence-corrected chi connectivity index (χ0v) is 12.0. The molecule has 0 aliphatic carbocycles. The van der Waals surface area contributed by atoms with E-state index in [1.54, 1.807) is 30.1 Å². The molecule has 0 aromatic heterocycles. The second-order valence-corrected chi connectivity index (χ2v) is 5.07. The fourth-order valence-electron chi connectivity index (χ4n) is 2.23. The summed E-state index contributed by atoms with van der Waals surface area (Å²) in [7, 11) is 1.79. The SMILES string of the molecule is CN(CCC(N)(C#N)c1ccccc1)c1ccccc1F. The number of anilines is 1. The minimum atomic E-state index is -1.07. The van der Waals surface area contributed by atoms with Crippen LogP contribution in [0.2, 0.25) is 0 Å². The summed E-state index contributed by atoms with van der Waals surface area (Å²) in [5, 5.41) is 9.41. The molecule has 0 radical (unpaired) electrons. The van der Waals surface area contributed by atoms with Crippen molar-refractivity contribution in [1.82, 2.24) is 0 Å². The van der Waals surface area contributed by atoms with Crippen LogP contribution in [-0.4, -0.2) is 13.6 Å². The number of hydrogen-bond donors (Lipinski definition) is 1. The summed E-state index contributed by atoms with van der Waals surface area (Å²) >= 11 is 0. The van der Waals surface area contributed by atoms with E-state index >= 15 is 0 Å². The smallest absolute Gasteiger partial charge is 0.146 e. The van der Waals surface area contributed by atoms with Gasteiger partial charge in [0.25, 0.3) is 0 Å². The highest BCUT2D eigenvalue weighted by atomic mass is 19.1. The van der Waals surface area contributed by atoms with Crippen LogP contribution < -0.4 is 10.6 Å². The fourth-order valence-corrected chi connectivity index (χ4v) is 2.23. The summed E-state index contributed by atoms with van der Waals surface area (Å²) in [6.07, 6.45) is 0.415. The minimum absolute atomic E-state index is 0.278. The third kappa shape index (κ3) is 3.39. The van der Waals surface area contributed by atoms with Crippen molar-refractivity contribution < 1.29 is 4.39 Å². The summed E-state index contributed by atoms with van der Waals surface area (Å²) in [6, 6.07) is 18.0. The monoisotopic (exact) mass is 283 g/mol. The normalized spacial score (nSPS) is 13.2. The Hall–Kier alpha value is -2.38. The average Bonchev–Trinajstić information content (AvgIpc) is 2.53. The van der Waals surface area contributed by atoms with E-state index in [1.165, 1.54) is 6.07 Å².